The SMILES string of the molecule is CCOc1cc(/C=C(/C#N)C(=O)NC2CCCC2)cc(Cl)c1OCc1cccc2ccccc12. The second-order valence-corrected chi connectivity index (χ2v) is 8.72. The molecular weight excluding hydrogens is 448 g/mol. The number of benzene rings is 3. The minimum absolute atomic E-state index is 0.0369. The summed E-state index contributed by atoms with van der Waals surface area (Å²) in [6, 6.07) is 19.8. The number of fused-ring (bicyclic) bond motifs is 1. The molecule has 0 heterocycles. The molecule has 0 radical (unpaired) electrons. The van der Waals surface area contributed by atoms with Gasteiger partial charge in [0.05, 0.1) is 11.6 Å². The standard InChI is InChI=1S/C28H27ClN2O3/c1-2-33-26-16-19(14-22(17-30)28(32)31-23-11-4-5-12-23)15-25(29)27(26)34-18-21-10-7-9-20-8-3-6-13-24(20)21/h3,6-10,13-16,23H,2,4-5,11-12,18H2,1H3,(H,31,32)/b22-14-. The number of ether oxygens (including phenoxy) is 2. The van der Waals surface area contributed by atoms with Gasteiger partial charge in [-0.2, -0.15) is 5.26 Å². The number of nitrogens with zero attached hydrogens (tertiary/aromatic N) is 1. The summed E-state index contributed by atoms with van der Waals surface area (Å²) in [5.41, 5.74) is 1.68. The molecule has 0 saturated heterocycles. The molecule has 1 amide bonds. The van der Waals surface area contributed by atoms with Crippen molar-refractivity contribution < 1.29 is 14.3 Å². The maximum Gasteiger partial charge on any atom is 0.262 e. The van der Waals surface area contributed by atoms with Crippen molar-refractivity contribution in [3.05, 3.63) is 76.3 Å². The first-order chi connectivity index (χ1) is 16.6. The van der Waals surface area contributed by atoms with Gasteiger partial charge in [0.2, 0.25) is 0 Å². The monoisotopic (exact) mass is 474 g/mol. The largest absolute Gasteiger partial charge is 0.490 e. The number of nitrogens with one attached hydrogen (secondary N) is 1. The maximum atomic E-state index is 12.6. The summed E-state index contributed by atoms with van der Waals surface area (Å²) < 4.78 is 11.9. The van der Waals surface area contributed by atoms with Crippen LogP contribution < -0.4 is 14.8 Å². The summed E-state index contributed by atoms with van der Waals surface area (Å²) in [7, 11) is 0. The van der Waals surface area contributed by atoms with Crippen molar-refractivity contribution in [3.63, 3.8) is 0 Å². The highest BCUT2D eigenvalue weighted by molar-refractivity contribution is 6.32. The summed E-state index contributed by atoms with van der Waals surface area (Å²) in [4.78, 5) is 12.6. The third kappa shape index (κ3) is 5.52. The van der Waals surface area contributed by atoms with Gasteiger partial charge in [-0.15, -0.1) is 0 Å². The molecular formula is C28H27ClN2O3. The molecule has 6 heteroatoms. The fourth-order valence-corrected chi connectivity index (χ4v) is 4.56. The van der Waals surface area contributed by atoms with Crippen LogP contribution in [0.25, 0.3) is 16.8 Å². The highest BCUT2D eigenvalue weighted by Crippen LogP contribution is 2.38. The van der Waals surface area contributed by atoms with Crippen LogP contribution in [0.1, 0.15) is 43.7 Å². The first kappa shape index (κ1) is 23.7. The summed E-state index contributed by atoms with van der Waals surface area (Å²) >= 11 is 6.58. The van der Waals surface area contributed by atoms with Crippen LogP contribution in [0, 0.1) is 11.3 Å². The normalized spacial score (nSPS) is 14.1. The van der Waals surface area contributed by atoms with Crippen molar-refractivity contribution in [1.82, 2.24) is 5.32 Å². The minimum atomic E-state index is -0.361. The van der Waals surface area contributed by atoms with Gasteiger partial charge in [-0.3, -0.25) is 4.79 Å². The van der Waals surface area contributed by atoms with Gasteiger partial charge < -0.3 is 14.8 Å². The lowest BCUT2D eigenvalue weighted by atomic mass is 10.1. The van der Waals surface area contributed by atoms with Crippen molar-refractivity contribution in [2.75, 3.05) is 6.61 Å². The first-order valence-corrected chi connectivity index (χ1v) is 11.9. The third-order valence-electron chi connectivity index (χ3n) is 5.95. The molecule has 0 bridgehead atoms. The van der Waals surface area contributed by atoms with E-state index >= 15 is 0 Å². The van der Waals surface area contributed by atoms with E-state index in [1.807, 2.05) is 37.3 Å². The van der Waals surface area contributed by atoms with Gasteiger partial charge in [-0.25, -0.2) is 0 Å². The molecule has 0 aromatic heterocycles. The molecule has 0 atom stereocenters. The summed E-state index contributed by atoms with van der Waals surface area (Å²) in [5.74, 6) is 0.539. The number of amides is 1. The molecule has 1 saturated carbocycles. The fraction of sp³-hybridized carbons (Fsp3) is 0.286. The molecule has 3 aromatic carbocycles. The van der Waals surface area contributed by atoms with Crippen molar-refractivity contribution in [2.24, 2.45) is 0 Å². The lowest BCUT2D eigenvalue weighted by molar-refractivity contribution is -0.117. The second kappa shape index (κ2) is 11.1. The molecule has 5 nitrogen and oxygen atoms in total. The van der Waals surface area contributed by atoms with Crippen molar-refractivity contribution in [3.8, 4) is 17.6 Å². The molecule has 1 N–H and O–H groups in total. The van der Waals surface area contributed by atoms with Crippen LogP contribution in [0.5, 0.6) is 11.5 Å². The quantitative estimate of drug-likeness (QED) is 0.301. The molecule has 4 rings (SSSR count). The number of hydrogen-bond acceptors (Lipinski definition) is 4. The Bertz CT molecular complexity index is 1250. The van der Waals surface area contributed by atoms with Crippen LogP contribution in [-0.4, -0.2) is 18.6 Å². The van der Waals surface area contributed by atoms with Gasteiger partial charge in [0.1, 0.15) is 18.2 Å². The van der Waals surface area contributed by atoms with Gasteiger partial charge in [0.25, 0.3) is 5.91 Å². The average Bonchev–Trinajstić information content (AvgIpc) is 3.35. The molecule has 0 unspecified atom stereocenters. The fourth-order valence-electron chi connectivity index (χ4n) is 4.29. The summed E-state index contributed by atoms with van der Waals surface area (Å²) in [5, 5.41) is 15.1. The van der Waals surface area contributed by atoms with E-state index in [-0.39, 0.29) is 17.5 Å². The first-order valence-electron chi connectivity index (χ1n) is 11.6. The number of rotatable bonds is 8. The van der Waals surface area contributed by atoms with E-state index in [1.165, 1.54) is 6.08 Å². The van der Waals surface area contributed by atoms with E-state index < -0.39 is 0 Å². The van der Waals surface area contributed by atoms with Gasteiger partial charge in [-0.1, -0.05) is 66.9 Å². The van der Waals surface area contributed by atoms with E-state index in [2.05, 4.69) is 23.5 Å². The topological polar surface area (TPSA) is 71.3 Å². The zero-order chi connectivity index (χ0) is 23.9. The number of hydrogen-bond donors (Lipinski definition) is 1. The lowest BCUT2D eigenvalue weighted by Crippen LogP contribution is -2.33. The Morgan fingerprint density at radius 1 is 1.15 bits per heavy atom. The predicted molar refractivity (Wildman–Crippen MR) is 135 cm³/mol. The predicted octanol–water partition coefficient (Wildman–Crippen LogP) is 6.44. The van der Waals surface area contributed by atoms with E-state index in [0.717, 1.165) is 42.0 Å². The molecule has 174 valence electrons. The maximum absolute atomic E-state index is 12.6. The molecule has 1 fully saturated rings. The Hall–Kier alpha value is -3.49. The lowest BCUT2D eigenvalue weighted by Gasteiger charge is -2.16. The Balaban J connectivity index is 1.57. The third-order valence-corrected chi connectivity index (χ3v) is 6.23. The van der Waals surface area contributed by atoms with Crippen molar-refractivity contribution in [1.29, 1.82) is 5.26 Å². The molecule has 0 spiro atoms. The number of nitriles is 1. The smallest absolute Gasteiger partial charge is 0.262 e. The second-order valence-electron chi connectivity index (χ2n) is 8.31. The average molecular weight is 475 g/mol. The molecule has 34 heavy (non-hydrogen) atoms. The highest BCUT2D eigenvalue weighted by atomic mass is 35.5. The minimum Gasteiger partial charge on any atom is -0.490 e. The van der Waals surface area contributed by atoms with Crippen LogP contribution in [0.15, 0.2) is 60.2 Å². The van der Waals surface area contributed by atoms with Crippen LogP contribution in [0.3, 0.4) is 0 Å². The van der Waals surface area contributed by atoms with Crippen LogP contribution in [0.2, 0.25) is 5.02 Å². The summed E-state index contributed by atoms with van der Waals surface area (Å²) in [6.07, 6.45) is 5.64. The Morgan fingerprint density at radius 3 is 2.68 bits per heavy atom. The van der Waals surface area contributed by atoms with Crippen LogP contribution in [0.4, 0.5) is 0 Å². The Morgan fingerprint density at radius 2 is 1.91 bits per heavy atom. The number of carbonyl (C=O) groups is 1. The molecule has 3 aromatic rings. The Kier molecular flexibility index (Phi) is 7.72. The zero-order valence-corrected chi connectivity index (χ0v) is 19.9. The van der Waals surface area contributed by atoms with Crippen molar-refractivity contribution >= 4 is 34.4 Å². The molecule has 0 aliphatic heterocycles. The van der Waals surface area contributed by atoms with Gasteiger partial charge >= 0.3 is 0 Å². The number of halogens is 1. The highest BCUT2D eigenvalue weighted by Gasteiger charge is 2.20. The van der Waals surface area contributed by atoms with E-state index in [9.17, 15) is 10.1 Å². The molecule has 1 aliphatic rings. The van der Waals surface area contributed by atoms with Gasteiger partial charge in [-0.05, 0) is 59.9 Å². The van der Waals surface area contributed by atoms with Gasteiger partial charge in [0.15, 0.2) is 11.5 Å². The number of carbonyl (C=O) groups excluding carboxylic acids is 1. The van der Waals surface area contributed by atoms with Crippen LogP contribution in [-0.2, 0) is 11.4 Å². The zero-order valence-electron chi connectivity index (χ0n) is 19.1. The van der Waals surface area contributed by atoms with E-state index in [4.69, 9.17) is 21.1 Å². The van der Waals surface area contributed by atoms with Crippen molar-refractivity contribution in [2.45, 2.75) is 45.3 Å². The van der Waals surface area contributed by atoms with E-state index in [1.54, 1.807) is 12.1 Å². The van der Waals surface area contributed by atoms with Crippen LogP contribution >= 0.6 is 11.6 Å². The molecule has 1 aliphatic carbocycles. The van der Waals surface area contributed by atoms with Gasteiger partial charge in [0, 0.05) is 6.04 Å². The summed E-state index contributed by atoms with van der Waals surface area (Å²) in [6.45, 7) is 2.62. The van der Waals surface area contributed by atoms with E-state index in [0.29, 0.717) is 35.3 Å². The Labute approximate surface area is 204 Å².